The van der Waals surface area contributed by atoms with Crippen molar-refractivity contribution in [2.45, 2.75) is 6.54 Å². The zero-order valence-electron chi connectivity index (χ0n) is 13.1. The fourth-order valence-corrected chi connectivity index (χ4v) is 2.68. The zero-order chi connectivity index (χ0) is 16.9. The summed E-state index contributed by atoms with van der Waals surface area (Å²) in [4.78, 5) is 20.1. The molecule has 1 fully saturated rings. The summed E-state index contributed by atoms with van der Waals surface area (Å²) >= 11 is 0. The number of hydrogen-bond donors (Lipinski definition) is 1. The summed E-state index contributed by atoms with van der Waals surface area (Å²) in [6.45, 7) is 3.43. The molecule has 1 saturated heterocycles. The average Bonchev–Trinajstić information content (AvgIpc) is 2.55. The number of aromatic nitrogens is 1. The molecule has 0 spiro atoms. The summed E-state index contributed by atoms with van der Waals surface area (Å²) in [7, 11) is 0. The molecule has 0 atom stereocenters. The number of anilines is 1. The van der Waals surface area contributed by atoms with Crippen LogP contribution < -0.4 is 5.32 Å². The van der Waals surface area contributed by atoms with Gasteiger partial charge in [0.1, 0.15) is 11.6 Å². The van der Waals surface area contributed by atoms with Crippen molar-refractivity contribution in [3.05, 3.63) is 59.9 Å². The van der Waals surface area contributed by atoms with E-state index in [-0.39, 0.29) is 11.7 Å². The van der Waals surface area contributed by atoms with Crippen LogP contribution >= 0.6 is 0 Å². The van der Waals surface area contributed by atoms with Crippen molar-refractivity contribution in [1.29, 1.82) is 0 Å². The van der Waals surface area contributed by atoms with E-state index in [1.807, 2.05) is 12.1 Å². The third kappa shape index (κ3) is 4.26. The van der Waals surface area contributed by atoms with E-state index in [1.165, 1.54) is 5.56 Å². The third-order valence-electron chi connectivity index (χ3n) is 3.93. The first-order valence-electron chi connectivity index (χ1n) is 7.73. The highest BCUT2D eigenvalue weighted by molar-refractivity contribution is 5.89. The molecular formula is C17H18F2N4O. The van der Waals surface area contributed by atoms with Crippen LogP contribution in [0.3, 0.4) is 0 Å². The first-order valence-corrected chi connectivity index (χ1v) is 7.73. The van der Waals surface area contributed by atoms with Gasteiger partial charge in [-0.25, -0.2) is 13.6 Å². The van der Waals surface area contributed by atoms with Crippen molar-refractivity contribution in [2.24, 2.45) is 0 Å². The molecule has 126 valence electrons. The lowest BCUT2D eigenvalue weighted by atomic mass is 10.2. The second-order valence-electron chi connectivity index (χ2n) is 5.71. The number of hydrogen-bond acceptors (Lipinski definition) is 3. The highest BCUT2D eigenvalue weighted by atomic mass is 19.1. The van der Waals surface area contributed by atoms with Gasteiger partial charge in [-0.1, -0.05) is 0 Å². The highest BCUT2D eigenvalue weighted by Gasteiger charge is 2.21. The van der Waals surface area contributed by atoms with E-state index < -0.39 is 11.6 Å². The van der Waals surface area contributed by atoms with Gasteiger partial charge in [-0.3, -0.25) is 9.88 Å². The van der Waals surface area contributed by atoms with E-state index in [0.717, 1.165) is 37.8 Å². The number of halogens is 2. The molecule has 5 nitrogen and oxygen atoms in total. The van der Waals surface area contributed by atoms with Gasteiger partial charge in [0.15, 0.2) is 0 Å². The van der Waals surface area contributed by atoms with Gasteiger partial charge in [0.05, 0.1) is 0 Å². The number of nitrogens with one attached hydrogen (secondary N) is 1. The van der Waals surface area contributed by atoms with Gasteiger partial charge in [-0.15, -0.1) is 0 Å². The summed E-state index contributed by atoms with van der Waals surface area (Å²) < 4.78 is 26.3. The fourth-order valence-electron chi connectivity index (χ4n) is 2.68. The summed E-state index contributed by atoms with van der Waals surface area (Å²) in [5.41, 5.74) is 1.30. The van der Waals surface area contributed by atoms with Crippen LogP contribution in [0.25, 0.3) is 0 Å². The standard InChI is InChI=1S/C17H18F2N4O/c18-14-9-15(19)11-16(10-14)21-17(24)23-7-5-22(6-8-23)12-13-1-3-20-4-2-13/h1-4,9-11H,5-8,12H2,(H,21,24). The number of amides is 2. The number of carbonyl (C=O) groups is 1. The summed E-state index contributed by atoms with van der Waals surface area (Å²) in [6.07, 6.45) is 3.52. The number of benzene rings is 1. The largest absolute Gasteiger partial charge is 0.322 e. The van der Waals surface area contributed by atoms with Gasteiger partial charge in [0, 0.05) is 56.9 Å². The predicted octanol–water partition coefficient (Wildman–Crippen LogP) is 2.71. The molecule has 0 radical (unpaired) electrons. The Balaban J connectivity index is 1.51. The van der Waals surface area contributed by atoms with Crippen molar-refractivity contribution in [3.8, 4) is 0 Å². The van der Waals surface area contributed by atoms with Gasteiger partial charge < -0.3 is 10.2 Å². The molecule has 24 heavy (non-hydrogen) atoms. The van der Waals surface area contributed by atoms with Crippen LogP contribution in [-0.4, -0.2) is 47.0 Å². The second kappa shape index (κ2) is 7.35. The topological polar surface area (TPSA) is 48.5 Å². The molecule has 2 heterocycles. The molecule has 1 aliphatic heterocycles. The van der Waals surface area contributed by atoms with Crippen LogP contribution in [-0.2, 0) is 6.54 Å². The molecule has 1 aromatic carbocycles. The number of carbonyl (C=O) groups excluding carboxylic acids is 1. The first kappa shape index (κ1) is 16.3. The van der Waals surface area contributed by atoms with Crippen LogP contribution in [0.5, 0.6) is 0 Å². The summed E-state index contributed by atoms with van der Waals surface area (Å²) in [5, 5.41) is 2.54. The monoisotopic (exact) mass is 332 g/mol. The smallest absolute Gasteiger partial charge is 0.321 e. The van der Waals surface area contributed by atoms with Gasteiger partial charge in [0.25, 0.3) is 0 Å². The maximum absolute atomic E-state index is 13.2. The molecule has 2 amide bonds. The molecular weight excluding hydrogens is 314 g/mol. The second-order valence-corrected chi connectivity index (χ2v) is 5.71. The maximum Gasteiger partial charge on any atom is 0.321 e. The van der Waals surface area contributed by atoms with Crippen LogP contribution in [0.2, 0.25) is 0 Å². The lowest BCUT2D eigenvalue weighted by molar-refractivity contribution is 0.143. The van der Waals surface area contributed by atoms with E-state index in [1.54, 1.807) is 17.3 Å². The minimum atomic E-state index is -0.715. The van der Waals surface area contributed by atoms with E-state index in [9.17, 15) is 13.6 Å². The highest BCUT2D eigenvalue weighted by Crippen LogP contribution is 2.14. The summed E-state index contributed by atoms with van der Waals surface area (Å²) in [6, 6.07) is 6.56. The van der Waals surface area contributed by atoms with Gasteiger partial charge in [-0.2, -0.15) is 0 Å². The number of nitrogens with zero attached hydrogens (tertiary/aromatic N) is 3. The summed E-state index contributed by atoms with van der Waals surface area (Å²) in [5.74, 6) is -1.43. The van der Waals surface area contributed by atoms with Crippen LogP contribution in [0.1, 0.15) is 5.56 Å². The Morgan fingerprint density at radius 2 is 1.67 bits per heavy atom. The molecule has 0 aliphatic carbocycles. The van der Waals surface area contributed by atoms with Crippen molar-refractivity contribution >= 4 is 11.7 Å². The third-order valence-corrected chi connectivity index (χ3v) is 3.93. The Kier molecular flexibility index (Phi) is 5.00. The minimum absolute atomic E-state index is 0.122. The molecule has 1 aliphatic rings. The van der Waals surface area contributed by atoms with Crippen LogP contribution in [0.15, 0.2) is 42.7 Å². The van der Waals surface area contributed by atoms with E-state index >= 15 is 0 Å². The van der Waals surface area contributed by atoms with Gasteiger partial charge >= 0.3 is 6.03 Å². The first-order chi connectivity index (χ1) is 11.6. The fraction of sp³-hybridized carbons (Fsp3) is 0.294. The number of piperazine rings is 1. The van der Waals surface area contributed by atoms with Crippen LogP contribution in [0, 0.1) is 11.6 Å². The van der Waals surface area contributed by atoms with Crippen LogP contribution in [0.4, 0.5) is 19.3 Å². The van der Waals surface area contributed by atoms with E-state index in [2.05, 4.69) is 15.2 Å². The Morgan fingerprint density at radius 3 is 2.29 bits per heavy atom. The van der Waals surface area contributed by atoms with Gasteiger partial charge in [0.2, 0.25) is 0 Å². The van der Waals surface area contributed by atoms with Gasteiger partial charge in [-0.05, 0) is 29.8 Å². The molecule has 0 unspecified atom stereocenters. The molecule has 3 rings (SSSR count). The molecule has 1 aromatic heterocycles. The van der Waals surface area contributed by atoms with Crippen molar-refractivity contribution in [2.75, 3.05) is 31.5 Å². The zero-order valence-corrected chi connectivity index (χ0v) is 13.1. The Hall–Kier alpha value is -2.54. The SMILES string of the molecule is O=C(Nc1cc(F)cc(F)c1)N1CCN(Cc2ccncc2)CC1. The molecule has 1 N–H and O–H groups in total. The molecule has 0 saturated carbocycles. The van der Waals surface area contributed by atoms with E-state index in [0.29, 0.717) is 13.1 Å². The molecule has 2 aromatic rings. The number of rotatable bonds is 3. The van der Waals surface area contributed by atoms with Crippen molar-refractivity contribution < 1.29 is 13.6 Å². The van der Waals surface area contributed by atoms with Crippen molar-refractivity contribution in [1.82, 2.24) is 14.8 Å². The Bertz CT molecular complexity index is 683. The quantitative estimate of drug-likeness (QED) is 0.940. The maximum atomic E-state index is 13.2. The number of urea groups is 1. The normalized spacial score (nSPS) is 15.3. The molecule has 0 bridgehead atoms. The predicted molar refractivity (Wildman–Crippen MR) is 86.5 cm³/mol. The lowest BCUT2D eigenvalue weighted by Gasteiger charge is -2.34. The van der Waals surface area contributed by atoms with Crippen molar-refractivity contribution in [3.63, 3.8) is 0 Å². The average molecular weight is 332 g/mol. The Labute approximate surface area is 138 Å². The van der Waals surface area contributed by atoms with E-state index in [4.69, 9.17) is 0 Å². The molecule has 7 heteroatoms. The number of pyridine rings is 1. The lowest BCUT2D eigenvalue weighted by Crippen LogP contribution is -2.49. The minimum Gasteiger partial charge on any atom is -0.322 e. The Morgan fingerprint density at radius 1 is 1.04 bits per heavy atom.